The number of hydrogen-bond donors (Lipinski definition) is 2. The summed E-state index contributed by atoms with van der Waals surface area (Å²) in [5.74, 6) is 0.232. The number of nitrogens with two attached hydrogens (primary N) is 1. The summed E-state index contributed by atoms with van der Waals surface area (Å²) in [6.45, 7) is 6.56. The number of hydrogen-bond acceptors (Lipinski definition) is 3. The lowest BCUT2D eigenvalue weighted by Gasteiger charge is -2.28. The Balaban J connectivity index is 2.58. The molecule has 0 saturated carbocycles. The Morgan fingerprint density at radius 2 is 2.05 bits per heavy atom. The van der Waals surface area contributed by atoms with Crippen LogP contribution in [0.25, 0.3) is 0 Å². The third kappa shape index (κ3) is 4.91. The van der Waals surface area contributed by atoms with Crippen LogP contribution in [0.1, 0.15) is 32.8 Å². The predicted octanol–water partition coefficient (Wildman–Crippen LogP) is 2.11. The van der Waals surface area contributed by atoms with E-state index in [2.05, 4.69) is 0 Å². The fourth-order valence-electron chi connectivity index (χ4n) is 1.67. The number of benzene rings is 1. The molecule has 0 aromatic heterocycles. The van der Waals surface area contributed by atoms with Crippen LogP contribution in [-0.2, 0) is 11.3 Å². The zero-order valence-electron chi connectivity index (χ0n) is 12.2. The van der Waals surface area contributed by atoms with Crippen LogP contribution in [0, 0.1) is 5.41 Å². The molecule has 0 radical (unpaired) electrons. The number of carbonyl (C=O) groups excluding carboxylic acids is 1. The standard InChI is InChI=1S/C15H24N2O2/c1-15(2,3)13(16)9-14(19)17(4)10-11-6-5-7-12(18)8-11/h5-8,13,18H,9-10,16H2,1-4H3. The minimum absolute atomic E-state index is 0.0192. The van der Waals surface area contributed by atoms with Crippen molar-refractivity contribution in [1.82, 2.24) is 4.90 Å². The van der Waals surface area contributed by atoms with E-state index in [4.69, 9.17) is 5.73 Å². The topological polar surface area (TPSA) is 66.6 Å². The Kier molecular flexibility index (Phi) is 4.95. The summed E-state index contributed by atoms with van der Waals surface area (Å²) in [4.78, 5) is 13.7. The first-order chi connectivity index (χ1) is 8.70. The Morgan fingerprint density at radius 3 is 2.58 bits per heavy atom. The van der Waals surface area contributed by atoms with Crippen molar-refractivity contribution >= 4 is 5.91 Å². The summed E-state index contributed by atoms with van der Waals surface area (Å²) < 4.78 is 0. The van der Waals surface area contributed by atoms with Crippen molar-refractivity contribution in [2.75, 3.05) is 7.05 Å². The molecule has 0 heterocycles. The highest BCUT2D eigenvalue weighted by atomic mass is 16.3. The number of rotatable bonds is 4. The van der Waals surface area contributed by atoms with Crippen LogP contribution >= 0.6 is 0 Å². The summed E-state index contributed by atoms with van der Waals surface area (Å²) in [7, 11) is 1.75. The molecule has 0 spiro atoms. The van der Waals surface area contributed by atoms with E-state index in [1.807, 2.05) is 26.8 Å². The van der Waals surface area contributed by atoms with Crippen molar-refractivity contribution in [1.29, 1.82) is 0 Å². The van der Waals surface area contributed by atoms with Crippen LogP contribution in [0.4, 0.5) is 0 Å². The van der Waals surface area contributed by atoms with Crippen LogP contribution in [0.3, 0.4) is 0 Å². The maximum atomic E-state index is 12.1. The molecule has 1 atom stereocenters. The molecule has 1 unspecified atom stereocenters. The third-order valence-corrected chi connectivity index (χ3v) is 3.26. The van der Waals surface area contributed by atoms with Gasteiger partial charge in [0.25, 0.3) is 0 Å². The molecular weight excluding hydrogens is 240 g/mol. The molecule has 0 bridgehead atoms. The van der Waals surface area contributed by atoms with Crippen LogP contribution in [0.15, 0.2) is 24.3 Å². The minimum atomic E-state index is -0.161. The van der Waals surface area contributed by atoms with E-state index in [0.717, 1.165) is 5.56 Å². The molecule has 4 nitrogen and oxygen atoms in total. The van der Waals surface area contributed by atoms with Crippen molar-refractivity contribution < 1.29 is 9.90 Å². The smallest absolute Gasteiger partial charge is 0.224 e. The summed E-state index contributed by atoms with van der Waals surface area (Å²) in [5, 5.41) is 9.39. The van der Waals surface area contributed by atoms with Gasteiger partial charge in [-0.25, -0.2) is 0 Å². The summed E-state index contributed by atoms with van der Waals surface area (Å²) in [5.41, 5.74) is 6.84. The number of phenolic OH excluding ortho intramolecular Hbond substituents is 1. The van der Waals surface area contributed by atoms with Gasteiger partial charge in [-0.3, -0.25) is 4.79 Å². The maximum Gasteiger partial charge on any atom is 0.224 e. The van der Waals surface area contributed by atoms with Crippen LogP contribution in [0.2, 0.25) is 0 Å². The summed E-state index contributed by atoms with van der Waals surface area (Å²) in [6.07, 6.45) is 0.332. The lowest BCUT2D eigenvalue weighted by Crippen LogP contribution is -2.40. The molecule has 1 aromatic carbocycles. The number of carbonyl (C=O) groups is 1. The molecule has 0 saturated heterocycles. The minimum Gasteiger partial charge on any atom is -0.508 e. The van der Waals surface area contributed by atoms with Crippen LogP contribution < -0.4 is 5.73 Å². The molecule has 0 aliphatic rings. The maximum absolute atomic E-state index is 12.1. The SMILES string of the molecule is CN(Cc1cccc(O)c1)C(=O)CC(N)C(C)(C)C. The fraction of sp³-hybridized carbons (Fsp3) is 0.533. The first-order valence-electron chi connectivity index (χ1n) is 6.47. The third-order valence-electron chi connectivity index (χ3n) is 3.26. The Morgan fingerprint density at radius 1 is 1.42 bits per heavy atom. The molecular formula is C15H24N2O2. The Labute approximate surface area is 115 Å². The van der Waals surface area contributed by atoms with Crippen molar-refractivity contribution in [3.8, 4) is 5.75 Å². The van der Waals surface area contributed by atoms with Gasteiger partial charge in [-0.1, -0.05) is 32.9 Å². The molecule has 0 aliphatic heterocycles. The largest absolute Gasteiger partial charge is 0.508 e. The van der Waals surface area contributed by atoms with E-state index in [-0.39, 0.29) is 23.1 Å². The lowest BCUT2D eigenvalue weighted by atomic mass is 9.85. The highest BCUT2D eigenvalue weighted by molar-refractivity contribution is 5.76. The zero-order chi connectivity index (χ0) is 14.6. The molecule has 4 heteroatoms. The molecule has 1 amide bonds. The first-order valence-corrected chi connectivity index (χ1v) is 6.47. The monoisotopic (exact) mass is 264 g/mol. The van der Waals surface area contributed by atoms with Gasteiger partial charge in [-0.2, -0.15) is 0 Å². The van der Waals surface area contributed by atoms with Crippen molar-refractivity contribution in [2.24, 2.45) is 11.1 Å². The average Bonchev–Trinajstić information content (AvgIpc) is 2.27. The van der Waals surface area contributed by atoms with Gasteiger partial charge in [0.2, 0.25) is 5.91 Å². The molecule has 0 fully saturated rings. The van der Waals surface area contributed by atoms with Crippen LogP contribution in [0.5, 0.6) is 5.75 Å². The van der Waals surface area contributed by atoms with Crippen molar-refractivity contribution in [3.05, 3.63) is 29.8 Å². The number of aromatic hydroxyl groups is 1. The molecule has 0 aliphatic carbocycles. The van der Waals surface area contributed by atoms with E-state index in [9.17, 15) is 9.90 Å². The fourth-order valence-corrected chi connectivity index (χ4v) is 1.67. The highest BCUT2D eigenvalue weighted by Gasteiger charge is 2.24. The summed E-state index contributed by atoms with van der Waals surface area (Å²) >= 11 is 0. The van der Waals surface area contributed by atoms with Gasteiger partial charge < -0.3 is 15.7 Å². The summed E-state index contributed by atoms with van der Waals surface area (Å²) in [6, 6.07) is 6.76. The second kappa shape index (κ2) is 6.06. The first kappa shape index (κ1) is 15.5. The lowest BCUT2D eigenvalue weighted by molar-refractivity contribution is -0.131. The van der Waals surface area contributed by atoms with Gasteiger partial charge in [-0.05, 0) is 23.1 Å². The van der Waals surface area contributed by atoms with E-state index in [1.54, 1.807) is 30.1 Å². The number of nitrogens with zero attached hydrogens (tertiary/aromatic N) is 1. The highest BCUT2D eigenvalue weighted by Crippen LogP contribution is 2.20. The molecule has 106 valence electrons. The second-order valence-corrected chi connectivity index (χ2v) is 6.10. The Hall–Kier alpha value is -1.55. The van der Waals surface area contributed by atoms with Crippen LogP contribution in [-0.4, -0.2) is 29.0 Å². The number of phenols is 1. The van der Waals surface area contributed by atoms with Gasteiger partial charge in [0.15, 0.2) is 0 Å². The average molecular weight is 264 g/mol. The van der Waals surface area contributed by atoms with Gasteiger partial charge in [0, 0.05) is 26.1 Å². The van der Waals surface area contributed by atoms with Gasteiger partial charge >= 0.3 is 0 Å². The van der Waals surface area contributed by atoms with Gasteiger partial charge in [-0.15, -0.1) is 0 Å². The molecule has 3 N–H and O–H groups in total. The van der Waals surface area contributed by atoms with Gasteiger partial charge in [0.05, 0.1) is 0 Å². The molecule has 1 aromatic rings. The van der Waals surface area contributed by atoms with E-state index in [0.29, 0.717) is 13.0 Å². The number of amides is 1. The quantitative estimate of drug-likeness (QED) is 0.875. The second-order valence-electron chi connectivity index (χ2n) is 6.10. The van der Waals surface area contributed by atoms with Crippen molar-refractivity contribution in [3.63, 3.8) is 0 Å². The van der Waals surface area contributed by atoms with E-state index >= 15 is 0 Å². The zero-order valence-corrected chi connectivity index (χ0v) is 12.2. The Bertz CT molecular complexity index is 438. The predicted molar refractivity (Wildman–Crippen MR) is 76.6 cm³/mol. The van der Waals surface area contributed by atoms with Gasteiger partial charge in [0.1, 0.15) is 5.75 Å². The van der Waals surface area contributed by atoms with Crippen molar-refractivity contribution in [2.45, 2.75) is 39.8 Å². The normalized spacial score (nSPS) is 13.1. The molecule has 1 rings (SSSR count). The molecule has 19 heavy (non-hydrogen) atoms. The van der Waals surface area contributed by atoms with E-state index in [1.165, 1.54) is 0 Å². The van der Waals surface area contributed by atoms with E-state index < -0.39 is 0 Å².